The summed E-state index contributed by atoms with van der Waals surface area (Å²) in [5.74, 6) is 1.47. The predicted octanol–water partition coefficient (Wildman–Crippen LogP) is 2.52. The molecule has 0 spiro atoms. The molecule has 1 heterocycles. The standard InChI is InChI=1S/C12H16ClNO2/c1-3-9-8(4-7(2)14)5-10(13)12-11(9)15-6-16-12/h5,7H,3-4,6,14H2,1-2H3. The Labute approximate surface area is 100 Å². The van der Waals surface area contributed by atoms with Gasteiger partial charge in [-0.25, -0.2) is 0 Å². The fourth-order valence-electron chi connectivity index (χ4n) is 2.05. The first-order chi connectivity index (χ1) is 7.63. The monoisotopic (exact) mass is 241 g/mol. The van der Waals surface area contributed by atoms with Crippen LogP contribution in [-0.4, -0.2) is 12.8 Å². The molecule has 4 heteroatoms. The van der Waals surface area contributed by atoms with E-state index in [2.05, 4.69) is 6.92 Å². The molecule has 0 radical (unpaired) electrons. The molecule has 0 amide bonds. The van der Waals surface area contributed by atoms with E-state index in [-0.39, 0.29) is 12.8 Å². The highest BCUT2D eigenvalue weighted by atomic mass is 35.5. The van der Waals surface area contributed by atoms with Gasteiger partial charge in [-0.2, -0.15) is 0 Å². The lowest BCUT2D eigenvalue weighted by Gasteiger charge is -2.13. The van der Waals surface area contributed by atoms with Crippen molar-refractivity contribution in [1.82, 2.24) is 0 Å². The number of nitrogens with two attached hydrogens (primary N) is 1. The number of benzene rings is 1. The van der Waals surface area contributed by atoms with E-state index in [1.54, 1.807) is 0 Å². The van der Waals surface area contributed by atoms with Gasteiger partial charge in [0.2, 0.25) is 6.79 Å². The van der Waals surface area contributed by atoms with Gasteiger partial charge in [-0.05, 0) is 31.4 Å². The molecular formula is C12H16ClNO2. The van der Waals surface area contributed by atoms with Crippen molar-refractivity contribution in [3.63, 3.8) is 0 Å². The largest absolute Gasteiger partial charge is 0.453 e. The van der Waals surface area contributed by atoms with Crippen LogP contribution >= 0.6 is 11.6 Å². The summed E-state index contributed by atoms with van der Waals surface area (Å²) in [4.78, 5) is 0. The molecule has 3 nitrogen and oxygen atoms in total. The molecule has 1 aromatic carbocycles. The second-order valence-corrected chi connectivity index (χ2v) is 4.50. The van der Waals surface area contributed by atoms with Gasteiger partial charge in [-0.1, -0.05) is 18.5 Å². The van der Waals surface area contributed by atoms with E-state index in [4.69, 9.17) is 26.8 Å². The lowest BCUT2D eigenvalue weighted by Crippen LogP contribution is -2.18. The van der Waals surface area contributed by atoms with E-state index in [0.717, 1.165) is 29.7 Å². The zero-order valence-corrected chi connectivity index (χ0v) is 10.3. The lowest BCUT2D eigenvalue weighted by atomic mass is 9.98. The van der Waals surface area contributed by atoms with Crippen molar-refractivity contribution in [1.29, 1.82) is 0 Å². The maximum atomic E-state index is 6.14. The number of hydrogen-bond acceptors (Lipinski definition) is 3. The van der Waals surface area contributed by atoms with Crippen molar-refractivity contribution >= 4 is 11.6 Å². The van der Waals surface area contributed by atoms with Gasteiger partial charge >= 0.3 is 0 Å². The number of ether oxygens (including phenoxy) is 2. The molecule has 88 valence electrons. The number of hydrogen-bond donors (Lipinski definition) is 1. The minimum atomic E-state index is 0.113. The van der Waals surface area contributed by atoms with Crippen LogP contribution in [0, 0.1) is 0 Å². The van der Waals surface area contributed by atoms with Crippen LogP contribution in [0.25, 0.3) is 0 Å². The van der Waals surface area contributed by atoms with E-state index in [0.29, 0.717) is 10.8 Å². The van der Waals surface area contributed by atoms with Gasteiger partial charge in [0, 0.05) is 11.6 Å². The first-order valence-corrected chi connectivity index (χ1v) is 5.86. The quantitative estimate of drug-likeness (QED) is 0.885. The third kappa shape index (κ3) is 1.97. The first-order valence-electron chi connectivity index (χ1n) is 5.49. The van der Waals surface area contributed by atoms with Crippen LogP contribution in [0.2, 0.25) is 5.02 Å². The van der Waals surface area contributed by atoms with Crippen molar-refractivity contribution in [3.05, 3.63) is 22.2 Å². The molecule has 0 saturated heterocycles. The number of halogens is 1. The Morgan fingerprint density at radius 1 is 1.44 bits per heavy atom. The highest BCUT2D eigenvalue weighted by Gasteiger charge is 2.23. The summed E-state index contributed by atoms with van der Waals surface area (Å²) in [7, 11) is 0. The van der Waals surface area contributed by atoms with Crippen molar-refractivity contribution < 1.29 is 9.47 Å². The van der Waals surface area contributed by atoms with Crippen LogP contribution in [-0.2, 0) is 12.8 Å². The molecule has 2 N–H and O–H groups in total. The lowest BCUT2D eigenvalue weighted by molar-refractivity contribution is 0.173. The van der Waals surface area contributed by atoms with E-state index >= 15 is 0 Å². The van der Waals surface area contributed by atoms with Crippen LogP contribution < -0.4 is 15.2 Å². The average Bonchev–Trinajstić information content (AvgIpc) is 2.66. The molecule has 1 aliphatic rings. The van der Waals surface area contributed by atoms with Gasteiger partial charge in [0.15, 0.2) is 11.5 Å². The highest BCUT2D eigenvalue weighted by Crippen LogP contribution is 2.43. The Kier molecular flexibility index (Phi) is 3.26. The molecule has 1 aromatic rings. The van der Waals surface area contributed by atoms with E-state index in [9.17, 15) is 0 Å². The molecule has 1 unspecified atom stereocenters. The Morgan fingerprint density at radius 2 is 2.12 bits per heavy atom. The maximum absolute atomic E-state index is 6.14. The van der Waals surface area contributed by atoms with Crippen LogP contribution in [0.3, 0.4) is 0 Å². The summed E-state index contributed by atoms with van der Waals surface area (Å²) in [5, 5.41) is 0.611. The molecular weight excluding hydrogens is 226 g/mol. The molecule has 1 aliphatic heterocycles. The van der Waals surface area contributed by atoms with Gasteiger partial charge in [0.25, 0.3) is 0 Å². The Morgan fingerprint density at radius 3 is 2.75 bits per heavy atom. The second kappa shape index (κ2) is 4.52. The van der Waals surface area contributed by atoms with Crippen molar-refractivity contribution in [2.24, 2.45) is 5.73 Å². The fraction of sp³-hybridized carbons (Fsp3) is 0.500. The molecule has 0 fully saturated rings. The molecule has 16 heavy (non-hydrogen) atoms. The minimum Gasteiger partial charge on any atom is -0.453 e. The van der Waals surface area contributed by atoms with Crippen LogP contribution in [0.1, 0.15) is 25.0 Å². The summed E-state index contributed by atoms with van der Waals surface area (Å²) in [6.07, 6.45) is 1.70. The summed E-state index contributed by atoms with van der Waals surface area (Å²) in [6.45, 7) is 4.33. The summed E-state index contributed by atoms with van der Waals surface area (Å²) >= 11 is 6.14. The summed E-state index contributed by atoms with van der Waals surface area (Å²) in [6, 6.07) is 2.05. The normalized spacial score (nSPS) is 15.2. The Hall–Kier alpha value is -0.930. The van der Waals surface area contributed by atoms with Crippen LogP contribution in [0.15, 0.2) is 6.07 Å². The fourth-order valence-corrected chi connectivity index (χ4v) is 2.32. The first kappa shape index (κ1) is 11.6. The minimum absolute atomic E-state index is 0.113. The van der Waals surface area contributed by atoms with Crippen LogP contribution in [0.5, 0.6) is 11.5 Å². The van der Waals surface area contributed by atoms with E-state index in [1.807, 2.05) is 13.0 Å². The topological polar surface area (TPSA) is 44.5 Å². The SMILES string of the molecule is CCc1c(CC(C)N)cc(Cl)c2c1OCO2. The van der Waals surface area contributed by atoms with E-state index in [1.165, 1.54) is 0 Å². The molecule has 0 bridgehead atoms. The summed E-state index contributed by atoms with van der Waals surface area (Å²) in [5.41, 5.74) is 8.15. The zero-order chi connectivity index (χ0) is 11.7. The zero-order valence-electron chi connectivity index (χ0n) is 9.55. The average molecular weight is 242 g/mol. The van der Waals surface area contributed by atoms with Crippen molar-refractivity contribution in [2.45, 2.75) is 32.7 Å². The molecule has 1 atom stereocenters. The highest BCUT2D eigenvalue weighted by molar-refractivity contribution is 6.32. The molecule has 0 aromatic heterocycles. The number of rotatable bonds is 3. The van der Waals surface area contributed by atoms with Crippen LogP contribution in [0.4, 0.5) is 0 Å². The van der Waals surface area contributed by atoms with Gasteiger partial charge < -0.3 is 15.2 Å². The summed E-state index contributed by atoms with van der Waals surface area (Å²) < 4.78 is 10.8. The van der Waals surface area contributed by atoms with Gasteiger partial charge in [0.05, 0.1) is 5.02 Å². The molecule has 0 aliphatic carbocycles. The smallest absolute Gasteiger partial charge is 0.231 e. The molecule has 2 rings (SSSR count). The van der Waals surface area contributed by atoms with Crippen molar-refractivity contribution in [2.75, 3.05) is 6.79 Å². The Balaban J connectivity index is 2.49. The van der Waals surface area contributed by atoms with Gasteiger partial charge in [0.1, 0.15) is 0 Å². The predicted molar refractivity (Wildman–Crippen MR) is 64.3 cm³/mol. The number of fused-ring (bicyclic) bond motifs is 1. The Bertz CT molecular complexity index is 404. The van der Waals surface area contributed by atoms with Crippen molar-refractivity contribution in [3.8, 4) is 11.5 Å². The van der Waals surface area contributed by atoms with E-state index < -0.39 is 0 Å². The van der Waals surface area contributed by atoms with Gasteiger partial charge in [-0.3, -0.25) is 0 Å². The maximum Gasteiger partial charge on any atom is 0.231 e. The third-order valence-electron chi connectivity index (χ3n) is 2.69. The molecule has 0 saturated carbocycles. The second-order valence-electron chi connectivity index (χ2n) is 4.10. The third-order valence-corrected chi connectivity index (χ3v) is 2.97. The van der Waals surface area contributed by atoms with Gasteiger partial charge in [-0.15, -0.1) is 0 Å².